The van der Waals surface area contributed by atoms with Crippen LogP contribution in [-0.2, 0) is 6.18 Å². The maximum Gasteiger partial charge on any atom is 0.416 e. The molecule has 1 N–H and O–H groups in total. The molecule has 0 saturated carbocycles. The Hall–Kier alpha value is -3.23. The monoisotopic (exact) mass is 333 g/mol. The van der Waals surface area contributed by atoms with Crippen LogP contribution in [0.25, 0.3) is 5.82 Å². The molecule has 2 heterocycles. The minimum atomic E-state index is -4.44. The van der Waals surface area contributed by atoms with Crippen molar-refractivity contribution in [2.45, 2.75) is 6.18 Å². The summed E-state index contributed by atoms with van der Waals surface area (Å²) >= 11 is 0. The molecule has 0 radical (unpaired) electrons. The Kier molecular flexibility index (Phi) is 3.98. The molecule has 3 rings (SSSR count). The molecule has 1 aromatic carbocycles. The van der Waals surface area contributed by atoms with Gasteiger partial charge >= 0.3 is 6.18 Å². The number of aromatic nitrogens is 4. The third-order valence-electron chi connectivity index (χ3n) is 3.11. The highest BCUT2D eigenvalue weighted by molar-refractivity contribution is 6.03. The molecular formula is C15H10F3N5O. The summed E-state index contributed by atoms with van der Waals surface area (Å²) in [6.45, 7) is 0. The number of anilines is 1. The van der Waals surface area contributed by atoms with Gasteiger partial charge in [0.05, 0.1) is 5.56 Å². The van der Waals surface area contributed by atoms with E-state index in [9.17, 15) is 18.0 Å². The lowest BCUT2D eigenvalue weighted by Crippen LogP contribution is -2.14. The van der Waals surface area contributed by atoms with Crippen LogP contribution in [0.4, 0.5) is 19.0 Å². The average molecular weight is 333 g/mol. The molecule has 122 valence electrons. The Morgan fingerprint density at radius 1 is 1.12 bits per heavy atom. The summed E-state index contributed by atoms with van der Waals surface area (Å²) in [5.74, 6) is 0.0759. The van der Waals surface area contributed by atoms with Gasteiger partial charge < -0.3 is 5.32 Å². The van der Waals surface area contributed by atoms with Gasteiger partial charge in [-0.05, 0) is 30.3 Å². The predicted octanol–water partition coefficient (Wildman–Crippen LogP) is 2.93. The fraction of sp³-hybridized carbons (Fsp3) is 0.0667. The lowest BCUT2D eigenvalue weighted by Gasteiger charge is -2.08. The first kappa shape index (κ1) is 15.7. The zero-order valence-electron chi connectivity index (χ0n) is 12.0. The molecule has 24 heavy (non-hydrogen) atoms. The molecule has 2 aromatic heterocycles. The van der Waals surface area contributed by atoms with E-state index in [1.807, 2.05) is 0 Å². The summed E-state index contributed by atoms with van der Waals surface area (Å²) in [6, 6.07) is 7.12. The van der Waals surface area contributed by atoms with Crippen LogP contribution in [0.3, 0.4) is 0 Å². The molecule has 3 aromatic rings. The van der Waals surface area contributed by atoms with Crippen molar-refractivity contribution >= 4 is 11.7 Å². The highest BCUT2D eigenvalue weighted by Crippen LogP contribution is 2.29. The largest absolute Gasteiger partial charge is 0.416 e. The first-order valence-electron chi connectivity index (χ1n) is 6.74. The van der Waals surface area contributed by atoms with Crippen molar-refractivity contribution in [3.63, 3.8) is 0 Å². The first-order chi connectivity index (χ1) is 11.4. The second kappa shape index (κ2) is 6.11. The third-order valence-corrected chi connectivity index (χ3v) is 3.11. The molecule has 6 nitrogen and oxygen atoms in total. The first-order valence-corrected chi connectivity index (χ1v) is 6.74. The summed E-state index contributed by atoms with van der Waals surface area (Å²) in [5.41, 5.74) is -0.732. The highest BCUT2D eigenvalue weighted by Gasteiger charge is 2.30. The van der Waals surface area contributed by atoms with Gasteiger partial charge in [-0.1, -0.05) is 0 Å². The summed E-state index contributed by atoms with van der Waals surface area (Å²) in [7, 11) is 0. The molecule has 0 aliphatic rings. The van der Waals surface area contributed by atoms with Crippen LogP contribution in [0.1, 0.15) is 15.9 Å². The summed E-state index contributed by atoms with van der Waals surface area (Å²) < 4.78 is 39.0. The summed E-state index contributed by atoms with van der Waals surface area (Å²) in [5, 5.41) is 6.51. The van der Waals surface area contributed by atoms with E-state index in [1.165, 1.54) is 17.1 Å². The quantitative estimate of drug-likeness (QED) is 0.800. The van der Waals surface area contributed by atoms with Gasteiger partial charge in [0.15, 0.2) is 5.82 Å². The zero-order chi connectivity index (χ0) is 17.2. The molecule has 0 fully saturated rings. The van der Waals surface area contributed by atoms with Crippen molar-refractivity contribution in [1.29, 1.82) is 0 Å². The topological polar surface area (TPSA) is 72.7 Å². The fourth-order valence-electron chi connectivity index (χ4n) is 1.94. The number of nitrogens with zero attached hydrogens (tertiary/aromatic N) is 4. The SMILES string of the molecule is O=C(Nc1cc(-n2cccn2)ncn1)c1ccc(C(F)(F)F)cc1. The average Bonchev–Trinajstić information content (AvgIpc) is 3.09. The van der Waals surface area contributed by atoms with Crippen LogP contribution in [0.2, 0.25) is 0 Å². The Balaban J connectivity index is 1.76. The van der Waals surface area contributed by atoms with Gasteiger partial charge in [-0.25, -0.2) is 14.6 Å². The number of nitrogens with one attached hydrogen (secondary N) is 1. The molecule has 0 saturated heterocycles. The molecule has 0 aliphatic heterocycles. The molecular weight excluding hydrogens is 323 g/mol. The van der Waals surface area contributed by atoms with Crippen molar-refractivity contribution in [1.82, 2.24) is 19.7 Å². The smallest absolute Gasteiger partial charge is 0.306 e. The van der Waals surface area contributed by atoms with Crippen molar-refractivity contribution < 1.29 is 18.0 Å². The van der Waals surface area contributed by atoms with Crippen LogP contribution in [0, 0.1) is 0 Å². The number of halogens is 3. The lowest BCUT2D eigenvalue weighted by atomic mass is 10.1. The van der Waals surface area contributed by atoms with E-state index in [1.54, 1.807) is 18.5 Å². The molecule has 0 bridgehead atoms. The van der Waals surface area contributed by atoms with Gasteiger partial charge in [-0.15, -0.1) is 0 Å². The van der Waals surface area contributed by atoms with E-state index < -0.39 is 17.6 Å². The van der Waals surface area contributed by atoms with Crippen LogP contribution in [-0.4, -0.2) is 25.7 Å². The molecule has 9 heteroatoms. The van der Waals surface area contributed by atoms with E-state index in [0.717, 1.165) is 24.3 Å². The van der Waals surface area contributed by atoms with Gasteiger partial charge in [0.1, 0.15) is 12.1 Å². The van der Waals surface area contributed by atoms with Crippen molar-refractivity contribution in [2.24, 2.45) is 0 Å². The number of benzene rings is 1. The lowest BCUT2D eigenvalue weighted by molar-refractivity contribution is -0.137. The molecule has 0 spiro atoms. The van der Waals surface area contributed by atoms with Crippen molar-refractivity contribution in [3.05, 3.63) is 66.2 Å². The Labute approximate surface area is 134 Å². The molecule has 0 unspecified atom stereocenters. The minimum absolute atomic E-state index is 0.0854. The number of hydrogen-bond acceptors (Lipinski definition) is 4. The van der Waals surface area contributed by atoms with E-state index in [2.05, 4.69) is 20.4 Å². The maximum atomic E-state index is 12.5. The van der Waals surface area contributed by atoms with Crippen LogP contribution >= 0.6 is 0 Å². The van der Waals surface area contributed by atoms with Gasteiger partial charge in [-0.3, -0.25) is 4.79 Å². The number of carbonyl (C=O) groups is 1. The number of alkyl halides is 3. The van der Waals surface area contributed by atoms with Crippen LogP contribution in [0.15, 0.2) is 55.1 Å². The zero-order valence-corrected chi connectivity index (χ0v) is 12.0. The molecule has 0 aliphatic carbocycles. The number of rotatable bonds is 3. The third kappa shape index (κ3) is 3.40. The Morgan fingerprint density at radius 2 is 1.88 bits per heavy atom. The van der Waals surface area contributed by atoms with Gasteiger partial charge in [-0.2, -0.15) is 18.3 Å². The molecule has 0 atom stereocenters. The van der Waals surface area contributed by atoms with Crippen LogP contribution in [0.5, 0.6) is 0 Å². The van der Waals surface area contributed by atoms with Gasteiger partial charge in [0.2, 0.25) is 0 Å². The highest BCUT2D eigenvalue weighted by atomic mass is 19.4. The molecule has 1 amide bonds. The standard InChI is InChI=1S/C15H10F3N5O/c16-15(17,18)11-4-2-10(3-5-11)14(24)22-12-8-13(20-9-19-12)23-7-1-6-21-23/h1-9H,(H,19,20,22,24). The van der Waals surface area contributed by atoms with Crippen molar-refractivity contribution in [2.75, 3.05) is 5.32 Å². The fourth-order valence-corrected chi connectivity index (χ4v) is 1.94. The van der Waals surface area contributed by atoms with E-state index >= 15 is 0 Å². The van der Waals surface area contributed by atoms with Crippen LogP contribution < -0.4 is 5.32 Å². The number of carbonyl (C=O) groups excluding carboxylic acids is 1. The van der Waals surface area contributed by atoms with E-state index in [-0.39, 0.29) is 11.4 Å². The Bertz CT molecular complexity index is 844. The van der Waals surface area contributed by atoms with E-state index in [4.69, 9.17) is 0 Å². The van der Waals surface area contributed by atoms with Gasteiger partial charge in [0, 0.05) is 24.0 Å². The second-order valence-electron chi connectivity index (χ2n) is 4.74. The van der Waals surface area contributed by atoms with Gasteiger partial charge in [0.25, 0.3) is 5.91 Å². The Morgan fingerprint density at radius 3 is 2.50 bits per heavy atom. The number of hydrogen-bond donors (Lipinski definition) is 1. The normalized spacial score (nSPS) is 11.3. The summed E-state index contributed by atoms with van der Waals surface area (Å²) in [4.78, 5) is 20.0. The predicted molar refractivity (Wildman–Crippen MR) is 78.6 cm³/mol. The van der Waals surface area contributed by atoms with Crippen molar-refractivity contribution in [3.8, 4) is 5.82 Å². The second-order valence-corrected chi connectivity index (χ2v) is 4.74. The maximum absolute atomic E-state index is 12.5. The summed E-state index contributed by atoms with van der Waals surface area (Å²) in [6.07, 6.45) is 0.0477. The van der Waals surface area contributed by atoms with E-state index in [0.29, 0.717) is 5.82 Å². The minimum Gasteiger partial charge on any atom is -0.306 e. The number of amides is 1.